The van der Waals surface area contributed by atoms with Crippen molar-refractivity contribution < 1.29 is 4.79 Å². The molecular formula is C29H45N3O. The molecule has 5 bridgehead atoms. The van der Waals surface area contributed by atoms with Crippen molar-refractivity contribution in [3.8, 4) is 0 Å². The van der Waals surface area contributed by atoms with Crippen LogP contribution in [-0.2, 0) is 4.79 Å². The highest BCUT2D eigenvalue weighted by atomic mass is 16.2. The number of fused-ring (bicyclic) bond motifs is 1. The van der Waals surface area contributed by atoms with E-state index in [-0.39, 0.29) is 11.0 Å². The van der Waals surface area contributed by atoms with Crippen LogP contribution in [0.25, 0.3) is 0 Å². The average molecular weight is 452 g/mol. The Kier molecular flexibility index (Phi) is 4.74. The number of hydrogen-bond acceptors (Lipinski definition) is 3. The van der Waals surface area contributed by atoms with Gasteiger partial charge in [0, 0.05) is 36.7 Å². The molecule has 4 heteroatoms. The summed E-state index contributed by atoms with van der Waals surface area (Å²) in [6.45, 7) is 9.15. The van der Waals surface area contributed by atoms with E-state index in [4.69, 9.17) is 4.99 Å². The van der Waals surface area contributed by atoms with Crippen molar-refractivity contribution >= 4 is 11.6 Å². The predicted octanol–water partition coefficient (Wildman–Crippen LogP) is 5.31. The molecule has 0 aromatic carbocycles. The third-order valence-electron chi connectivity index (χ3n) is 12.0. The molecule has 0 N–H and O–H groups in total. The van der Waals surface area contributed by atoms with Crippen molar-refractivity contribution in [2.24, 2.45) is 40.0 Å². The first-order chi connectivity index (χ1) is 15.9. The summed E-state index contributed by atoms with van der Waals surface area (Å²) in [7, 11) is 0. The van der Waals surface area contributed by atoms with E-state index in [9.17, 15) is 4.79 Å². The molecule has 0 aromatic rings. The van der Waals surface area contributed by atoms with Crippen LogP contribution in [0.3, 0.4) is 0 Å². The van der Waals surface area contributed by atoms with Gasteiger partial charge in [0.2, 0.25) is 5.91 Å². The standard InChI is InChI=1S/C29H45N3O/c1-18-11-24-6-4-5-9-31(24)25(12-18)15-23-7-8-28-22-14-26-21(13-27(28)30-23)10-19(2)16-29(26,28)32(17-22)20(3)33/h18-19,21-26H,4-17H2,1-3H3/t18-,19-,21+,22-,23-,24-,25+,26-,28+,29-/m1/s1. The van der Waals surface area contributed by atoms with Gasteiger partial charge in [0.15, 0.2) is 0 Å². The van der Waals surface area contributed by atoms with Gasteiger partial charge in [-0.2, -0.15) is 0 Å². The second kappa shape index (κ2) is 7.31. The normalized spacial score (nSPS) is 52.8. The Morgan fingerprint density at radius 1 is 1.09 bits per heavy atom. The Balaban J connectivity index is 1.21. The highest BCUT2D eigenvalue weighted by Gasteiger charge is 2.78. The van der Waals surface area contributed by atoms with Gasteiger partial charge in [0.25, 0.3) is 0 Å². The summed E-state index contributed by atoms with van der Waals surface area (Å²) in [6.07, 6.45) is 16.2. The summed E-state index contributed by atoms with van der Waals surface area (Å²) in [5.74, 6) is 4.17. The fourth-order valence-electron chi connectivity index (χ4n) is 11.4. The van der Waals surface area contributed by atoms with E-state index < -0.39 is 0 Å². The van der Waals surface area contributed by atoms with Gasteiger partial charge in [-0.05, 0) is 107 Å². The second-order valence-electron chi connectivity index (χ2n) is 13.7. The minimum Gasteiger partial charge on any atom is -0.336 e. The molecule has 2 spiro atoms. The van der Waals surface area contributed by atoms with Crippen molar-refractivity contribution in [2.45, 2.75) is 121 Å². The molecule has 0 unspecified atom stereocenters. The summed E-state index contributed by atoms with van der Waals surface area (Å²) in [5, 5.41) is 0. The second-order valence-corrected chi connectivity index (χ2v) is 13.7. The van der Waals surface area contributed by atoms with E-state index in [1.807, 2.05) is 6.92 Å². The molecule has 4 nitrogen and oxygen atoms in total. The van der Waals surface area contributed by atoms with Crippen LogP contribution < -0.4 is 0 Å². The molecule has 4 heterocycles. The fourth-order valence-corrected chi connectivity index (χ4v) is 11.4. The highest BCUT2D eigenvalue weighted by molar-refractivity contribution is 5.96. The van der Waals surface area contributed by atoms with Crippen LogP contribution >= 0.6 is 0 Å². The van der Waals surface area contributed by atoms with Crippen molar-refractivity contribution in [1.29, 1.82) is 0 Å². The van der Waals surface area contributed by atoms with E-state index in [1.165, 1.54) is 83.6 Å². The molecule has 33 heavy (non-hydrogen) atoms. The molecule has 1 amide bonds. The Morgan fingerprint density at radius 2 is 1.97 bits per heavy atom. The van der Waals surface area contributed by atoms with E-state index in [2.05, 4.69) is 23.6 Å². The number of hydrogen-bond donors (Lipinski definition) is 0. The van der Waals surface area contributed by atoms with Crippen molar-refractivity contribution in [3.05, 3.63) is 0 Å². The van der Waals surface area contributed by atoms with E-state index in [0.29, 0.717) is 17.9 Å². The van der Waals surface area contributed by atoms with Crippen LogP contribution in [-0.4, -0.2) is 58.2 Å². The van der Waals surface area contributed by atoms with Gasteiger partial charge < -0.3 is 4.90 Å². The molecule has 0 aromatic heterocycles. The highest BCUT2D eigenvalue weighted by Crippen LogP contribution is 2.74. The summed E-state index contributed by atoms with van der Waals surface area (Å²) < 4.78 is 0. The first-order valence-electron chi connectivity index (χ1n) is 14.5. The van der Waals surface area contributed by atoms with Crippen LogP contribution in [0.5, 0.6) is 0 Å². The zero-order valence-corrected chi connectivity index (χ0v) is 21.3. The maximum absolute atomic E-state index is 12.9. The lowest BCUT2D eigenvalue weighted by Gasteiger charge is -2.62. The van der Waals surface area contributed by atoms with Crippen LogP contribution in [0.1, 0.15) is 97.8 Å². The Morgan fingerprint density at radius 3 is 2.82 bits per heavy atom. The lowest BCUT2D eigenvalue weighted by molar-refractivity contribution is -0.145. The van der Waals surface area contributed by atoms with Crippen molar-refractivity contribution in [2.75, 3.05) is 13.1 Å². The fraction of sp³-hybridized carbons (Fsp3) is 0.931. The average Bonchev–Trinajstić information content (AvgIpc) is 3.13. The number of amides is 1. The third kappa shape index (κ3) is 2.74. The molecule has 3 saturated heterocycles. The van der Waals surface area contributed by atoms with Gasteiger partial charge in [0.1, 0.15) is 0 Å². The zero-order valence-electron chi connectivity index (χ0n) is 21.3. The van der Waals surface area contributed by atoms with Gasteiger partial charge >= 0.3 is 0 Å². The largest absolute Gasteiger partial charge is 0.336 e. The van der Waals surface area contributed by atoms with Crippen LogP contribution in [0, 0.1) is 35.0 Å². The number of rotatable bonds is 2. The lowest BCUT2D eigenvalue weighted by atomic mass is 9.48. The summed E-state index contributed by atoms with van der Waals surface area (Å²) in [5.41, 5.74) is 1.95. The first kappa shape index (κ1) is 21.4. The lowest BCUT2D eigenvalue weighted by Crippen LogP contribution is -2.68. The first-order valence-corrected chi connectivity index (χ1v) is 14.5. The number of aliphatic imine (C=N–C) groups is 1. The molecule has 3 saturated carbocycles. The zero-order chi connectivity index (χ0) is 22.5. The molecule has 7 rings (SSSR count). The maximum atomic E-state index is 12.9. The van der Waals surface area contributed by atoms with Crippen molar-refractivity contribution in [1.82, 2.24) is 9.80 Å². The third-order valence-corrected chi connectivity index (χ3v) is 12.0. The molecule has 10 atom stereocenters. The molecule has 4 aliphatic heterocycles. The quantitative estimate of drug-likeness (QED) is 0.571. The van der Waals surface area contributed by atoms with Gasteiger partial charge in [-0.15, -0.1) is 0 Å². The summed E-state index contributed by atoms with van der Waals surface area (Å²) in [4.78, 5) is 23.9. The van der Waals surface area contributed by atoms with Gasteiger partial charge in [-0.3, -0.25) is 14.7 Å². The monoisotopic (exact) mass is 451 g/mol. The van der Waals surface area contributed by atoms with Crippen LogP contribution in [0.15, 0.2) is 4.99 Å². The Labute approximate surface area is 200 Å². The summed E-state index contributed by atoms with van der Waals surface area (Å²) in [6, 6.07) is 2.13. The molecule has 182 valence electrons. The molecule has 0 radical (unpaired) electrons. The smallest absolute Gasteiger partial charge is 0.219 e. The van der Waals surface area contributed by atoms with E-state index in [0.717, 1.165) is 42.3 Å². The number of carbonyl (C=O) groups excluding carboxylic acids is 1. The maximum Gasteiger partial charge on any atom is 0.219 e. The topological polar surface area (TPSA) is 35.9 Å². The molecule has 7 aliphatic rings. The number of nitrogens with zero attached hydrogens (tertiary/aromatic N) is 3. The number of carbonyl (C=O) groups is 1. The van der Waals surface area contributed by atoms with Gasteiger partial charge in [0.05, 0.1) is 11.6 Å². The van der Waals surface area contributed by atoms with Crippen LogP contribution in [0.4, 0.5) is 0 Å². The minimum absolute atomic E-state index is 0.116. The number of likely N-dealkylation sites (tertiary alicyclic amines) is 1. The summed E-state index contributed by atoms with van der Waals surface area (Å²) >= 11 is 0. The van der Waals surface area contributed by atoms with Gasteiger partial charge in [-0.1, -0.05) is 20.3 Å². The Hall–Kier alpha value is -0.900. The predicted molar refractivity (Wildman–Crippen MR) is 132 cm³/mol. The SMILES string of the molecule is CC(=O)N1C[C@H]2C[C@@H]3[C@@H]4CC5=N[C@@H](C[C@@H]6C[C@H](C)C[C@H]7CCCCN76)CC[C@@]52[C@@]31C[C@H](C)C4. The minimum atomic E-state index is 0.116. The number of piperidine rings is 3. The molecule has 6 fully saturated rings. The van der Waals surface area contributed by atoms with E-state index >= 15 is 0 Å². The van der Waals surface area contributed by atoms with Gasteiger partial charge in [-0.25, -0.2) is 0 Å². The van der Waals surface area contributed by atoms with E-state index in [1.54, 1.807) is 5.71 Å². The Bertz CT molecular complexity index is 869. The molecule has 3 aliphatic carbocycles. The molecular weight excluding hydrogens is 406 g/mol. The van der Waals surface area contributed by atoms with Crippen LogP contribution in [0.2, 0.25) is 0 Å². The van der Waals surface area contributed by atoms with Crippen molar-refractivity contribution in [3.63, 3.8) is 0 Å².